The molecule has 4 aromatic heterocycles. The zero-order valence-corrected chi connectivity index (χ0v) is 19.1. The minimum absolute atomic E-state index is 0.0778. The van der Waals surface area contributed by atoms with Gasteiger partial charge in [-0.15, -0.1) is 11.3 Å². The molecule has 4 heterocycles. The van der Waals surface area contributed by atoms with Gasteiger partial charge in [-0.3, -0.25) is 4.79 Å². The van der Waals surface area contributed by atoms with Crippen molar-refractivity contribution < 1.29 is 14.3 Å². The van der Waals surface area contributed by atoms with Gasteiger partial charge in [0.05, 0.1) is 33.9 Å². The van der Waals surface area contributed by atoms with E-state index in [-0.39, 0.29) is 6.04 Å². The van der Waals surface area contributed by atoms with Crippen molar-refractivity contribution in [3.8, 4) is 10.6 Å². The number of fused-ring (bicyclic) bond motifs is 1. The van der Waals surface area contributed by atoms with Crippen LogP contribution in [0.4, 0.5) is 5.82 Å². The molecule has 0 radical (unpaired) electrons. The average Bonchev–Trinajstić information content (AvgIpc) is 3.52. The highest BCUT2D eigenvalue weighted by Gasteiger charge is 2.24. The van der Waals surface area contributed by atoms with E-state index in [0.717, 1.165) is 4.88 Å². The minimum Gasteiger partial charge on any atom is -0.449 e. The fourth-order valence-electron chi connectivity index (χ4n) is 3.33. The molecule has 0 bridgehead atoms. The topological polar surface area (TPSA) is 104 Å². The second kappa shape index (κ2) is 8.91. The van der Waals surface area contributed by atoms with Crippen molar-refractivity contribution in [2.75, 3.05) is 5.32 Å². The molecule has 1 unspecified atom stereocenters. The zero-order valence-electron chi connectivity index (χ0n) is 18.3. The maximum Gasteiger partial charge on any atom is 0.339 e. The molecule has 0 aliphatic carbocycles. The van der Waals surface area contributed by atoms with Crippen LogP contribution >= 0.6 is 11.3 Å². The molecule has 4 rings (SSSR count). The largest absolute Gasteiger partial charge is 0.449 e. The number of esters is 1. The lowest BCUT2D eigenvalue weighted by Gasteiger charge is -2.16. The molecule has 1 amide bonds. The van der Waals surface area contributed by atoms with Gasteiger partial charge in [-0.2, -0.15) is 10.2 Å². The van der Waals surface area contributed by atoms with Gasteiger partial charge in [0.25, 0.3) is 5.91 Å². The highest BCUT2D eigenvalue weighted by molar-refractivity contribution is 7.13. The number of hydrogen-bond acceptors (Lipinski definition) is 7. The smallest absolute Gasteiger partial charge is 0.339 e. The van der Waals surface area contributed by atoms with Crippen LogP contribution in [-0.4, -0.2) is 42.5 Å². The van der Waals surface area contributed by atoms with Crippen molar-refractivity contribution in [1.29, 1.82) is 0 Å². The van der Waals surface area contributed by atoms with Crippen molar-refractivity contribution in [2.24, 2.45) is 0 Å². The van der Waals surface area contributed by atoms with E-state index in [9.17, 15) is 9.59 Å². The lowest BCUT2D eigenvalue weighted by molar-refractivity contribution is -0.123. The highest BCUT2D eigenvalue weighted by Crippen LogP contribution is 2.28. The van der Waals surface area contributed by atoms with Crippen LogP contribution < -0.4 is 5.32 Å². The van der Waals surface area contributed by atoms with Crippen molar-refractivity contribution in [3.05, 3.63) is 47.6 Å². The number of anilines is 1. The second-order valence-corrected chi connectivity index (χ2v) is 8.47. The van der Waals surface area contributed by atoms with Crippen LogP contribution in [0.5, 0.6) is 0 Å². The number of pyridine rings is 1. The summed E-state index contributed by atoms with van der Waals surface area (Å²) in [6.07, 6.45) is 2.21. The van der Waals surface area contributed by atoms with Gasteiger partial charge in [-0.25, -0.2) is 19.1 Å². The number of carbonyl (C=O) groups excluding carboxylic acids is 2. The fraction of sp³-hybridized carbons (Fsp3) is 0.318. The van der Waals surface area contributed by atoms with Gasteiger partial charge in [0.15, 0.2) is 11.8 Å². The maximum atomic E-state index is 13.1. The third kappa shape index (κ3) is 4.13. The number of carbonyl (C=O) groups is 2. The zero-order chi connectivity index (χ0) is 22.8. The van der Waals surface area contributed by atoms with Crippen molar-refractivity contribution in [1.82, 2.24) is 24.5 Å². The molecule has 0 aromatic carbocycles. The van der Waals surface area contributed by atoms with Gasteiger partial charge in [-0.05, 0) is 45.2 Å². The molecule has 1 N–H and O–H groups in total. The lowest BCUT2D eigenvalue weighted by atomic mass is 10.1. The van der Waals surface area contributed by atoms with Gasteiger partial charge >= 0.3 is 5.97 Å². The minimum atomic E-state index is -1.01. The molecule has 1 atom stereocenters. The van der Waals surface area contributed by atoms with E-state index in [1.807, 2.05) is 38.3 Å². The van der Waals surface area contributed by atoms with Crippen molar-refractivity contribution >= 4 is 40.1 Å². The Morgan fingerprint density at radius 2 is 2.03 bits per heavy atom. The molecule has 0 aliphatic heterocycles. The van der Waals surface area contributed by atoms with E-state index in [4.69, 9.17) is 9.72 Å². The Bertz CT molecular complexity index is 1260. The number of nitrogens with zero attached hydrogens (tertiary/aromatic N) is 5. The molecular weight excluding hydrogens is 428 g/mol. The summed E-state index contributed by atoms with van der Waals surface area (Å²) in [4.78, 5) is 31.4. The summed E-state index contributed by atoms with van der Waals surface area (Å²) in [7, 11) is 0. The number of rotatable bonds is 7. The van der Waals surface area contributed by atoms with E-state index in [1.165, 1.54) is 18.3 Å². The molecule has 32 heavy (non-hydrogen) atoms. The lowest BCUT2D eigenvalue weighted by Crippen LogP contribution is -2.31. The standard InChI is InChI=1S/C22H24N6O3S/c1-5-27-20-16(12-24-27)15(11-17(25-20)18-7-6-10-32-18)22(30)31-14(4)21(29)26-19-8-9-23-28(19)13(2)3/h6-14H,5H2,1-4H3,(H,26,29). The normalized spacial score (nSPS) is 12.3. The van der Waals surface area contributed by atoms with Crippen LogP contribution in [0.1, 0.15) is 44.1 Å². The van der Waals surface area contributed by atoms with Crippen LogP contribution in [0.2, 0.25) is 0 Å². The summed E-state index contributed by atoms with van der Waals surface area (Å²) in [5, 5.41) is 13.8. The van der Waals surface area contributed by atoms with E-state index >= 15 is 0 Å². The molecule has 9 nitrogen and oxygen atoms in total. The fourth-order valence-corrected chi connectivity index (χ4v) is 4.01. The van der Waals surface area contributed by atoms with Crippen molar-refractivity contribution in [3.63, 3.8) is 0 Å². The predicted molar refractivity (Wildman–Crippen MR) is 123 cm³/mol. The van der Waals surface area contributed by atoms with Crippen LogP contribution in [0, 0.1) is 0 Å². The Morgan fingerprint density at radius 3 is 2.72 bits per heavy atom. The molecule has 10 heteroatoms. The highest BCUT2D eigenvalue weighted by atomic mass is 32.1. The van der Waals surface area contributed by atoms with Crippen LogP contribution in [0.3, 0.4) is 0 Å². The van der Waals surface area contributed by atoms with Crippen LogP contribution in [-0.2, 0) is 16.1 Å². The molecule has 4 aromatic rings. The average molecular weight is 453 g/mol. The molecule has 166 valence electrons. The first kappa shape index (κ1) is 21.7. The van der Waals surface area contributed by atoms with Gasteiger partial charge in [0, 0.05) is 18.7 Å². The van der Waals surface area contributed by atoms with Gasteiger partial charge in [0.2, 0.25) is 0 Å². The molecule has 0 spiro atoms. The Morgan fingerprint density at radius 1 is 1.22 bits per heavy atom. The third-order valence-electron chi connectivity index (χ3n) is 4.97. The summed E-state index contributed by atoms with van der Waals surface area (Å²) in [6.45, 7) is 8.03. The summed E-state index contributed by atoms with van der Waals surface area (Å²) < 4.78 is 8.94. The Kier molecular flexibility index (Phi) is 6.04. The first-order valence-corrected chi connectivity index (χ1v) is 11.2. The van der Waals surface area contributed by atoms with Crippen molar-refractivity contribution in [2.45, 2.75) is 46.4 Å². The number of amides is 1. The maximum absolute atomic E-state index is 13.1. The summed E-state index contributed by atoms with van der Waals surface area (Å²) in [6, 6.07) is 7.33. The molecular formula is C22H24N6O3S. The number of hydrogen-bond donors (Lipinski definition) is 1. The Labute approximate surface area is 189 Å². The van der Waals surface area contributed by atoms with Gasteiger partial charge in [0.1, 0.15) is 5.82 Å². The van der Waals surface area contributed by atoms with E-state index in [2.05, 4.69) is 15.5 Å². The number of aryl methyl sites for hydroxylation is 1. The first-order chi connectivity index (χ1) is 15.4. The Balaban J connectivity index is 1.60. The summed E-state index contributed by atoms with van der Waals surface area (Å²) >= 11 is 1.53. The third-order valence-corrected chi connectivity index (χ3v) is 5.86. The van der Waals surface area contributed by atoms with Gasteiger partial charge in [-0.1, -0.05) is 6.07 Å². The molecule has 0 aliphatic rings. The van der Waals surface area contributed by atoms with E-state index < -0.39 is 18.0 Å². The van der Waals surface area contributed by atoms with Gasteiger partial charge < -0.3 is 10.1 Å². The van der Waals surface area contributed by atoms with E-state index in [0.29, 0.717) is 34.7 Å². The second-order valence-electron chi connectivity index (χ2n) is 7.52. The number of thiophene rings is 1. The van der Waals surface area contributed by atoms with Crippen LogP contribution in [0.25, 0.3) is 21.6 Å². The number of nitrogens with one attached hydrogen (secondary N) is 1. The predicted octanol–water partition coefficient (Wildman–Crippen LogP) is 4.14. The SMILES string of the molecule is CCn1ncc2c(C(=O)OC(C)C(=O)Nc3ccnn3C(C)C)cc(-c3cccs3)nc21. The number of ether oxygens (including phenoxy) is 1. The van der Waals surface area contributed by atoms with E-state index in [1.54, 1.807) is 33.9 Å². The molecule has 0 saturated heterocycles. The molecule has 0 saturated carbocycles. The number of aromatic nitrogens is 5. The Hall–Kier alpha value is -3.53. The van der Waals surface area contributed by atoms with Crippen LogP contribution in [0.15, 0.2) is 42.0 Å². The quantitative estimate of drug-likeness (QED) is 0.423. The first-order valence-electron chi connectivity index (χ1n) is 10.3. The monoisotopic (exact) mass is 452 g/mol. The molecule has 0 fully saturated rings. The summed E-state index contributed by atoms with van der Waals surface area (Å²) in [5.74, 6) is -0.497. The summed E-state index contributed by atoms with van der Waals surface area (Å²) in [5.41, 5.74) is 1.58.